The molecule has 43 heavy (non-hydrogen) atoms. The van der Waals surface area contributed by atoms with Crippen LogP contribution in [0.15, 0.2) is 0 Å². The highest BCUT2D eigenvalue weighted by Gasteiger charge is 2.60. The number of ether oxygens (including phenoxy) is 4. The van der Waals surface area contributed by atoms with E-state index in [0.29, 0.717) is 7.05 Å². The van der Waals surface area contributed by atoms with Crippen LogP contribution >= 0.6 is 0 Å². The molecule has 1 amide bonds. The highest BCUT2D eigenvalue weighted by molar-refractivity contribution is 5.96. The van der Waals surface area contributed by atoms with E-state index in [1.54, 1.807) is 5.32 Å². The maximum atomic E-state index is 12.6. The smallest absolute Gasteiger partial charge is 0.442 e. The number of primary amides is 1. The van der Waals surface area contributed by atoms with E-state index in [0.717, 1.165) is 0 Å². The molecule has 0 aliphatic carbocycles. The van der Waals surface area contributed by atoms with E-state index in [-0.39, 0.29) is 13.8 Å². The van der Waals surface area contributed by atoms with E-state index in [4.69, 9.17) is 17.2 Å². The fourth-order valence-corrected chi connectivity index (χ4v) is 1.95. The number of nitrogens with one attached hydrogen (secondary N) is 1. The van der Waals surface area contributed by atoms with Gasteiger partial charge in [0.15, 0.2) is 0 Å². The fourth-order valence-electron chi connectivity index (χ4n) is 1.95. The summed E-state index contributed by atoms with van der Waals surface area (Å²) in [6.07, 6.45) is -21.1. The third kappa shape index (κ3) is 10.1. The lowest BCUT2D eigenvalue weighted by Gasteiger charge is -2.35. The number of halogens is 9. The zero-order valence-corrected chi connectivity index (χ0v) is 21.0. The van der Waals surface area contributed by atoms with Crippen molar-refractivity contribution in [3.05, 3.63) is 0 Å². The van der Waals surface area contributed by atoms with Crippen molar-refractivity contribution in [2.75, 3.05) is 7.05 Å². The molecule has 0 aliphatic heterocycles. The predicted octanol–water partition coefficient (Wildman–Crippen LogP) is -2.03. The van der Waals surface area contributed by atoms with Gasteiger partial charge in [0.25, 0.3) is 17.4 Å². The number of rotatable bonds is 10. The van der Waals surface area contributed by atoms with Crippen molar-refractivity contribution in [2.45, 2.75) is 55.7 Å². The molecule has 0 rings (SSSR count). The summed E-state index contributed by atoms with van der Waals surface area (Å²) in [5, 5.41) is 1.61. The Hall–Kier alpha value is -4.46. The van der Waals surface area contributed by atoms with E-state index in [1.165, 1.54) is 0 Å². The van der Waals surface area contributed by atoms with Crippen molar-refractivity contribution in [3.8, 4) is 0 Å². The molecule has 0 heterocycles. The number of hydrogen-bond acceptors (Lipinski definition) is 16. The molecule has 0 aliphatic rings. The van der Waals surface area contributed by atoms with Gasteiger partial charge in [0, 0.05) is 13.8 Å². The second-order valence-corrected chi connectivity index (χ2v) is 7.77. The van der Waals surface area contributed by atoms with Crippen LogP contribution in [0.5, 0.6) is 0 Å². The van der Waals surface area contributed by atoms with Crippen LogP contribution in [0.3, 0.4) is 0 Å². The predicted molar refractivity (Wildman–Crippen MR) is 105 cm³/mol. The van der Waals surface area contributed by atoms with Gasteiger partial charge in [-0.05, 0) is 7.05 Å². The van der Waals surface area contributed by atoms with Crippen LogP contribution in [0.25, 0.3) is 0 Å². The van der Waals surface area contributed by atoms with Gasteiger partial charge in [-0.2, -0.15) is 39.5 Å². The van der Waals surface area contributed by atoms with Gasteiger partial charge in [-0.15, -0.1) is 0 Å². The molecule has 17 nitrogen and oxygen atoms in total. The lowest BCUT2D eigenvalue weighted by molar-refractivity contribution is -0.298. The van der Waals surface area contributed by atoms with E-state index in [9.17, 15) is 73.1 Å². The van der Waals surface area contributed by atoms with Crippen molar-refractivity contribution >= 4 is 41.7 Å². The molecule has 1 unspecified atom stereocenters. The van der Waals surface area contributed by atoms with Crippen molar-refractivity contribution in [3.63, 3.8) is 0 Å². The zero-order valence-electron chi connectivity index (χ0n) is 21.0. The first-order chi connectivity index (χ1) is 19.0. The third-order valence-corrected chi connectivity index (χ3v) is 4.21. The Morgan fingerprint density at radius 1 is 0.605 bits per heavy atom. The van der Waals surface area contributed by atoms with E-state index < -0.39 is 83.5 Å². The molecule has 4 atom stereocenters. The minimum atomic E-state index is -5.91. The quantitative estimate of drug-likeness (QED) is 0.0493. The fraction of sp³-hybridized carbons (Fsp3) is 0.588. The number of nitrogens with two attached hydrogens (primary N) is 3. The first-order valence-electron chi connectivity index (χ1n) is 10.1. The minimum absolute atomic E-state index is 0.152. The summed E-state index contributed by atoms with van der Waals surface area (Å²) >= 11 is 0. The van der Waals surface area contributed by atoms with Gasteiger partial charge in [0.05, 0.1) is 0 Å². The maximum Gasteiger partial charge on any atom is 0.495 e. The van der Waals surface area contributed by atoms with Crippen LogP contribution in [0.2, 0.25) is 0 Å². The summed E-state index contributed by atoms with van der Waals surface area (Å²) in [4.78, 5) is 89.0. The lowest BCUT2D eigenvalue weighted by Crippen LogP contribution is -2.69. The molecule has 0 radical (unpaired) electrons. The molecule has 0 aromatic carbocycles. The molecule has 0 fully saturated rings. The van der Waals surface area contributed by atoms with E-state index >= 15 is 0 Å². The summed E-state index contributed by atoms with van der Waals surface area (Å²) in [5.74, 6) is -19.8. The molecule has 0 aromatic heterocycles. The van der Waals surface area contributed by atoms with Crippen molar-refractivity contribution in [1.82, 2.24) is 5.32 Å². The van der Waals surface area contributed by atoms with Gasteiger partial charge >= 0.3 is 60.1 Å². The molecular weight excluding hydrogens is 639 g/mol. The molecule has 0 saturated heterocycles. The van der Waals surface area contributed by atoms with Crippen LogP contribution in [0.4, 0.5) is 39.5 Å². The molecule has 0 aromatic rings. The molecule has 0 saturated carbocycles. The van der Waals surface area contributed by atoms with Crippen molar-refractivity contribution < 1.29 is 102 Å². The standard InChI is InChI=1S/C17H17F9N4O13/c1-12(28,39-9(35)15(18,19)20)6(32)38-4(5(27)31)14(29,8(34)42-43-11(37)17(24,25)26)41-7(33)13(2,30-3)40-10(36)16(21,22)23/h4,30H,28-29H2,1-3H3,(H2,27,31)/t4?,12-,13-,14-/m1/s1. The van der Waals surface area contributed by atoms with Gasteiger partial charge < -0.3 is 24.7 Å². The number of amides is 1. The monoisotopic (exact) mass is 656 g/mol. The number of alkyl halides is 9. The van der Waals surface area contributed by atoms with E-state index in [1.807, 2.05) is 0 Å². The second kappa shape index (κ2) is 12.8. The summed E-state index contributed by atoms with van der Waals surface area (Å²) in [5.41, 5.74) is 3.87. The first-order valence-corrected chi connectivity index (χ1v) is 10.1. The van der Waals surface area contributed by atoms with Crippen LogP contribution in [0.1, 0.15) is 13.8 Å². The summed E-state index contributed by atoms with van der Waals surface area (Å²) < 4.78 is 128. The molecule has 0 bridgehead atoms. The van der Waals surface area contributed by atoms with Crippen LogP contribution in [-0.4, -0.2) is 90.6 Å². The average Bonchev–Trinajstić information content (AvgIpc) is 2.82. The average molecular weight is 656 g/mol. The van der Waals surface area contributed by atoms with Gasteiger partial charge in [-0.1, -0.05) is 0 Å². The van der Waals surface area contributed by atoms with Gasteiger partial charge in [0.1, 0.15) is 0 Å². The number of esters is 4. The largest absolute Gasteiger partial charge is 0.495 e. The van der Waals surface area contributed by atoms with Gasteiger partial charge in [0.2, 0.25) is 6.10 Å². The zero-order chi connectivity index (χ0) is 34.6. The second-order valence-electron chi connectivity index (χ2n) is 7.77. The Morgan fingerprint density at radius 3 is 1.37 bits per heavy atom. The number of carbonyl (C=O) groups is 7. The van der Waals surface area contributed by atoms with Gasteiger partial charge in [-0.3, -0.25) is 21.6 Å². The van der Waals surface area contributed by atoms with Crippen LogP contribution in [0, 0.1) is 0 Å². The maximum absolute atomic E-state index is 12.6. The number of hydrogen-bond donors (Lipinski definition) is 4. The summed E-state index contributed by atoms with van der Waals surface area (Å²) in [6, 6.07) is 0. The van der Waals surface area contributed by atoms with Crippen molar-refractivity contribution in [1.29, 1.82) is 0 Å². The number of likely N-dealkylation sites (N-methyl/N-ethyl adjacent to an activating group) is 1. The Kier molecular flexibility index (Phi) is 11.5. The van der Waals surface area contributed by atoms with Gasteiger partial charge in [-0.25, -0.2) is 38.5 Å². The third-order valence-electron chi connectivity index (χ3n) is 4.21. The van der Waals surface area contributed by atoms with Crippen LogP contribution < -0.4 is 22.5 Å². The number of carbonyl (C=O) groups excluding carboxylic acids is 7. The van der Waals surface area contributed by atoms with E-state index in [2.05, 4.69) is 28.7 Å². The van der Waals surface area contributed by atoms with Crippen molar-refractivity contribution in [2.24, 2.45) is 17.2 Å². The molecule has 246 valence electrons. The summed E-state index contributed by atoms with van der Waals surface area (Å²) in [6.45, 7) is 0.409. The molecule has 7 N–H and O–H groups in total. The Balaban J connectivity index is 6.74. The Labute approximate surface area is 229 Å². The Morgan fingerprint density at radius 2 is 1.00 bits per heavy atom. The minimum Gasteiger partial charge on any atom is -0.442 e. The highest BCUT2D eigenvalue weighted by Crippen LogP contribution is 2.26. The SMILES string of the molecule is CN[C@](C)(OC(=O)C(F)(F)F)C(=O)O[C@@](N)(C(=O)OOC(=O)C(F)(F)F)C(OC(=O)[C@](C)(N)OC(=O)C(F)(F)F)C(N)=O. The lowest BCUT2D eigenvalue weighted by atomic mass is 10.1. The Bertz CT molecular complexity index is 1160. The first kappa shape index (κ1) is 38.5. The topological polar surface area (TPSA) is 265 Å². The normalized spacial score (nSPS) is 17.0. The molecule has 26 heteroatoms. The van der Waals surface area contributed by atoms with Crippen LogP contribution in [-0.2, 0) is 62.3 Å². The molecular formula is C17H17F9N4O13. The highest BCUT2D eigenvalue weighted by atomic mass is 19.4. The molecule has 0 spiro atoms. The summed E-state index contributed by atoms with van der Waals surface area (Å²) in [7, 11) is 0.590.